The quantitative estimate of drug-likeness (QED) is 0.754. The van der Waals surface area contributed by atoms with Gasteiger partial charge in [0, 0.05) is 31.2 Å². The molecule has 0 amide bonds. The first kappa shape index (κ1) is 18.2. The van der Waals surface area contributed by atoms with Crippen molar-refractivity contribution in [2.75, 3.05) is 44.2 Å². The second-order valence-electron chi connectivity index (χ2n) is 7.70. The lowest BCUT2D eigenvalue weighted by atomic mass is 9.95. The van der Waals surface area contributed by atoms with E-state index in [1.54, 1.807) is 6.20 Å². The molecular formula is C22H29N3O2. The largest absolute Gasteiger partial charge is 0.462 e. The molecule has 2 aliphatic heterocycles. The van der Waals surface area contributed by atoms with E-state index in [2.05, 4.69) is 20.9 Å². The minimum atomic E-state index is -0.273. The molecule has 0 radical (unpaired) electrons. The van der Waals surface area contributed by atoms with Gasteiger partial charge in [0.2, 0.25) is 0 Å². The molecule has 0 saturated carbocycles. The molecule has 2 fully saturated rings. The number of hydrogen-bond donors (Lipinski definition) is 0. The third kappa shape index (κ3) is 3.93. The van der Waals surface area contributed by atoms with Crippen LogP contribution in [0.4, 0.5) is 5.69 Å². The van der Waals surface area contributed by atoms with E-state index in [0.29, 0.717) is 12.2 Å². The predicted octanol–water partition coefficient (Wildman–Crippen LogP) is 3.72. The van der Waals surface area contributed by atoms with Crippen LogP contribution in [0.3, 0.4) is 0 Å². The molecule has 5 heteroatoms. The zero-order valence-electron chi connectivity index (χ0n) is 16.2. The average Bonchev–Trinajstić information content (AvgIpc) is 3.21. The second kappa shape index (κ2) is 8.26. The highest BCUT2D eigenvalue weighted by atomic mass is 16.5. The highest BCUT2D eigenvalue weighted by molar-refractivity contribution is 6.05. The third-order valence-corrected chi connectivity index (χ3v) is 5.89. The normalized spacial score (nSPS) is 18.9. The number of aromatic nitrogens is 1. The Labute approximate surface area is 161 Å². The molecular weight excluding hydrogens is 338 g/mol. The van der Waals surface area contributed by atoms with Gasteiger partial charge in [-0.1, -0.05) is 18.2 Å². The summed E-state index contributed by atoms with van der Waals surface area (Å²) in [5.41, 5.74) is 2.52. The fourth-order valence-corrected chi connectivity index (χ4v) is 4.50. The zero-order valence-corrected chi connectivity index (χ0v) is 16.2. The Morgan fingerprint density at radius 1 is 1.15 bits per heavy atom. The first-order valence-corrected chi connectivity index (χ1v) is 10.3. The Hall–Kier alpha value is -2.14. The molecule has 3 heterocycles. The van der Waals surface area contributed by atoms with Gasteiger partial charge in [0.25, 0.3) is 0 Å². The van der Waals surface area contributed by atoms with Gasteiger partial charge in [-0.3, -0.25) is 4.98 Å². The van der Waals surface area contributed by atoms with Crippen LogP contribution in [0.5, 0.6) is 0 Å². The van der Waals surface area contributed by atoms with Crippen LogP contribution < -0.4 is 4.90 Å². The Morgan fingerprint density at radius 3 is 2.63 bits per heavy atom. The van der Waals surface area contributed by atoms with Crippen molar-refractivity contribution >= 4 is 22.6 Å². The summed E-state index contributed by atoms with van der Waals surface area (Å²) < 4.78 is 5.31. The molecule has 0 atom stereocenters. The summed E-state index contributed by atoms with van der Waals surface area (Å²) in [5.74, 6) is 0.489. The van der Waals surface area contributed by atoms with E-state index in [1.165, 1.54) is 45.3 Å². The van der Waals surface area contributed by atoms with Gasteiger partial charge < -0.3 is 14.5 Å². The van der Waals surface area contributed by atoms with E-state index in [9.17, 15) is 4.79 Å². The number of benzene rings is 1. The number of anilines is 1. The zero-order chi connectivity index (χ0) is 18.6. The highest BCUT2D eigenvalue weighted by Crippen LogP contribution is 2.33. The van der Waals surface area contributed by atoms with Crippen molar-refractivity contribution in [1.29, 1.82) is 0 Å². The highest BCUT2D eigenvalue weighted by Gasteiger charge is 2.27. The van der Waals surface area contributed by atoms with Crippen LogP contribution in [0, 0.1) is 5.92 Å². The number of para-hydroxylation sites is 1. The summed E-state index contributed by atoms with van der Waals surface area (Å²) in [7, 11) is 0. The maximum atomic E-state index is 12.6. The summed E-state index contributed by atoms with van der Waals surface area (Å²) in [5, 5.41) is 1.04. The number of esters is 1. The van der Waals surface area contributed by atoms with Crippen LogP contribution in [0.25, 0.3) is 10.9 Å². The van der Waals surface area contributed by atoms with Crippen LogP contribution in [-0.4, -0.2) is 55.2 Å². The summed E-state index contributed by atoms with van der Waals surface area (Å²) in [6, 6.07) is 8.08. The molecule has 0 N–H and O–H groups in total. The van der Waals surface area contributed by atoms with E-state index < -0.39 is 0 Å². The molecule has 2 aromatic rings. The third-order valence-electron chi connectivity index (χ3n) is 5.89. The number of pyridine rings is 1. The number of hydrogen-bond acceptors (Lipinski definition) is 5. The van der Waals surface area contributed by atoms with Crippen molar-refractivity contribution in [2.24, 2.45) is 5.92 Å². The van der Waals surface area contributed by atoms with E-state index in [-0.39, 0.29) is 5.97 Å². The Bertz CT molecular complexity index is 793. The molecule has 5 nitrogen and oxygen atoms in total. The molecule has 27 heavy (non-hydrogen) atoms. The smallest absolute Gasteiger partial charge is 0.341 e. The van der Waals surface area contributed by atoms with Crippen LogP contribution in [0.1, 0.15) is 43.0 Å². The number of fused-ring (bicyclic) bond motifs is 1. The van der Waals surface area contributed by atoms with Crippen molar-refractivity contribution < 1.29 is 9.53 Å². The lowest BCUT2D eigenvalue weighted by molar-refractivity contribution is 0.0526. The summed E-state index contributed by atoms with van der Waals surface area (Å²) >= 11 is 0. The van der Waals surface area contributed by atoms with Crippen molar-refractivity contribution in [1.82, 2.24) is 9.88 Å². The Morgan fingerprint density at radius 2 is 1.89 bits per heavy atom. The predicted molar refractivity (Wildman–Crippen MR) is 108 cm³/mol. The molecule has 4 rings (SSSR count). The van der Waals surface area contributed by atoms with Gasteiger partial charge in [0.15, 0.2) is 0 Å². The minimum absolute atomic E-state index is 0.273. The van der Waals surface area contributed by atoms with E-state index in [1.807, 2.05) is 25.1 Å². The van der Waals surface area contributed by atoms with Crippen molar-refractivity contribution in [3.8, 4) is 0 Å². The van der Waals surface area contributed by atoms with Crippen LogP contribution >= 0.6 is 0 Å². The number of rotatable bonds is 5. The van der Waals surface area contributed by atoms with Crippen molar-refractivity contribution in [3.63, 3.8) is 0 Å². The maximum Gasteiger partial charge on any atom is 0.341 e. The van der Waals surface area contributed by atoms with Gasteiger partial charge in [0.05, 0.1) is 17.8 Å². The van der Waals surface area contributed by atoms with Crippen molar-refractivity contribution in [2.45, 2.75) is 32.6 Å². The molecule has 0 unspecified atom stereocenters. The summed E-state index contributed by atoms with van der Waals surface area (Å²) in [6.45, 7) is 7.96. The molecule has 0 spiro atoms. The number of carbonyl (C=O) groups excluding carboxylic acids is 1. The van der Waals surface area contributed by atoms with Gasteiger partial charge in [-0.05, 0) is 57.7 Å². The summed E-state index contributed by atoms with van der Waals surface area (Å²) in [6.07, 6.45) is 6.74. The van der Waals surface area contributed by atoms with Gasteiger partial charge >= 0.3 is 5.97 Å². The number of nitrogens with zero attached hydrogens (tertiary/aromatic N) is 3. The van der Waals surface area contributed by atoms with Crippen LogP contribution in [-0.2, 0) is 4.74 Å². The SMILES string of the molecule is CCOC(=O)c1cnc2ccccc2c1N1CCC(CN2CCCC2)CC1. The topological polar surface area (TPSA) is 45.7 Å². The first-order valence-electron chi connectivity index (χ1n) is 10.3. The number of carbonyl (C=O) groups is 1. The minimum Gasteiger partial charge on any atom is -0.462 e. The molecule has 2 saturated heterocycles. The number of ether oxygens (including phenoxy) is 1. The van der Waals surface area contributed by atoms with Gasteiger partial charge in [0.1, 0.15) is 5.56 Å². The van der Waals surface area contributed by atoms with Crippen LogP contribution in [0.2, 0.25) is 0 Å². The first-order chi connectivity index (χ1) is 13.3. The van der Waals surface area contributed by atoms with E-state index in [0.717, 1.165) is 35.6 Å². The van der Waals surface area contributed by atoms with E-state index in [4.69, 9.17) is 4.74 Å². The second-order valence-corrected chi connectivity index (χ2v) is 7.70. The lowest BCUT2D eigenvalue weighted by Gasteiger charge is -2.36. The fraction of sp³-hybridized carbons (Fsp3) is 0.545. The lowest BCUT2D eigenvalue weighted by Crippen LogP contribution is -2.39. The molecule has 144 valence electrons. The Balaban J connectivity index is 1.56. The van der Waals surface area contributed by atoms with E-state index >= 15 is 0 Å². The van der Waals surface area contributed by atoms with Crippen molar-refractivity contribution in [3.05, 3.63) is 36.0 Å². The van der Waals surface area contributed by atoms with Gasteiger partial charge in [-0.25, -0.2) is 4.79 Å². The van der Waals surface area contributed by atoms with Gasteiger partial charge in [-0.15, -0.1) is 0 Å². The maximum absolute atomic E-state index is 12.6. The monoisotopic (exact) mass is 367 g/mol. The Kier molecular flexibility index (Phi) is 5.58. The van der Waals surface area contributed by atoms with Crippen LogP contribution in [0.15, 0.2) is 30.5 Å². The molecule has 1 aromatic carbocycles. The average molecular weight is 367 g/mol. The molecule has 0 bridgehead atoms. The van der Waals surface area contributed by atoms with Gasteiger partial charge in [-0.2, -0.15) is 0 Å². The standard InChI is InChI=1S/C22H29N3O2/c1-2-27-22(26)19-15-23-20-8-4-3-7-18(20)21(19)25-13-9-17(10-14-25)16-24-11-5-6-12-24/h3-4,7-8,15,17H,2,5-6,9-14,16H2,1H3. The summed E-state index contributed by atoms with van der Waals surface area (Å²) in [4.78, 5) is 22.0. The molecule has 2 aliphatic rings. The number of piperidine rings is 1. The fourth-order valence-electron chi connectivity index (χ4n) is 4.50. The number of likely N-dealkylation sites (tertiary alicyclic amines) is 1. The molecule has 0 aliphatic carbocycles. The molecule has 1 aromatic heterocycles.